The molecular weight excluding hydrogens is 488 g/mol. The highest BCUT2D eigenvalue weighted by Gasteiger charge is 2.35. The number of rotatable bonds is 5. The summed E-state index contributed by atoms with van der Waals surface area (Å²) >= 11 is 6.78. The van der Waals surface area contributed by atoms with E-state index in [1.807, 2.05) is 37.8 Å². The van der Waals surface area contributed by atoms with E-state index in [9.17, 15) is 9.59 Å². The zero-order valence-corrected chi connectivity index (χ0v) is 22.8. The summed E-state index contributed by atoms with van der Waals surface area (Å²) in [6, 6.07) is 3.67. The van der Waals surface area contributed by atoms with Gasteiger partial charge in [0, 0.05) is 37.3 Å². The highest BCUT2D eigenvalue weighted by Crippen LogP contribution is 2.44. The summed E-state index contributed by atoms with van der Waals surface area (Å²) in [7, 11) is 0. The van der Waals surface area contributed by atoms with Crippen LogP contribution in [0, 0.1) is 6.92 Å². The number of anilines is 1. The first-order valence-corrected chi connectivity index (χ1v) is 13.3. The topological polar surface area (TPSA) is 84.2 Å². The maximum atomic E-state index is 13.9. The third-order valence-electron chi connectivity index (χ3n) is 7.43. The molecule has 5 rings (SSSR count). The summed E-state index contributed by atoms with van der Waals surface area (Å²) in [5.41, 5.74) is 3.45. The van der Waals surface area contributed by atoms with E-state index in [0.29, 0.717) is 35.5 Å². The van der Waals surface area contributed by atoms with Gasteiger partial charge in [0.25, 0.3) is 0 Å². The molecule has 3 aromatic heterocycles. The number of aromatic nitrogens is 4. The number of hydrogen-bond acceptors (Lipinski definition) is 6. The zero-order chi connectivity index (χ0) is 26.6. The Labute approximate surface area is 222 Å². The monoisotopic (exact) mass is 520 g/mol. The Bertz CT molecular complexity index is 1460. The number of hydrogen-bond donors (Lipinski definition) is 0. The highest BCUT2D eigenvalue weighted by molar-refractivity contribution is 6.32. The zero-order valence-electron chi connectivity index (χ0n) is 22.0. The third kappa shape index (κ3) is 4.41. The van der Waals surface area contributed by atoms with Crippen LogP contribution in [0.5, 0.6) is 0 Å². The second-order valence-electron chi connectivity index (χ2n) is 10.6. The molecule has 2 atom stereocenters. The molecule has 0 N–H and O–H groups in total. The van der Waals surface area contributed by atoms with Gasteiger partial charge in [-0.15, -0.1) is 0 Å². The van der Waals surface area contributed by atoms with Crippen LogP contribution in [0.25, 0.3) is 16.7 Å². The Morgan fingerprint density at radius 2 is 1.92 bits per heavy atom. The molecule has 4 heterocycles. The molecule has 0 unspecified atom stereocenters. The molecule has 8 nitrogen and oxygen atoms in total. The van der Waals surface area contributed by atoms with E-state index in [-0.39, 0.29) is 23.9 Å². The molecule has 3 aromatic rings. The summed E-state index contributed by atoms with van der Waals surface area (Å²) in [5.74, 6) is 0.858. The van der Waals surface area contributed by atoms with Crippen LogP contribution in [0.1, 0.15) is 69.3 Å². The Balaban J connectivity index is 1.76. The molecule has 2 aliphatic rings. The van der Waals surface area contributed by atoms with E-state index in [1.54, 1.807) is 10.8 Å². The van der Waals surface area contributed by atoms with Crippen molar-refractivity contribution in [3.63, 3.8) is 0 Å². The molecule has 0 spiro atoms. The first-order valence-electron chi connectivity index (χ1n) is 12.9. The molecule has 1 aliphatic heterocycles. The summed E-state index contributed by atoms with van der Waals surface area (Å²) in [4.78, 5) is 44.4. The van der Waals surface area contributed by atoms with Crippen molar-refractivity contribution in [3.05, 3.63) is 63.4 Å². The van der Waals surface area contributed by atoms with E-state index < -0.39 is 5.69 Å². The van der Waals surface area contributed by atoms with Gasteiger partial charge >= 0.3 is 5.69 Å². The van der Waals surface area contributed by atoms with Crippen LogP contribution in [-0.4, -0.2) is 55.5 Å². The molecule has 9 heteroatoms. The first kappa shape index (κ1) is 25.4. The Morgan fingerprint density at radius 1 is 1.19 bits per heavy atom. The molecule has 2 fully saturated rings. The largest absolute Gasteiger partial charge is 0.355 e. The molecule has 194 valence electrons. The van der Waals surface area contributed by atoms with E-state index in [4.69, 9.17) is 16.6 Å². The van der Waals surface area contributed by atoms with Crippen LogP contribution in [0.4, 0.5) is 5.82 Å². The van der Waals surface area contributed by atoms with E-state index in [2.05, 4.69) is 35.3 Å². The van der Waals surface area contributed by atoms with Crippen LogP contribution in [0.3, 0.4) is 0 Å². The van der Waals surface area contributed by atoms with Crippen LogP contribution in [0.2, 0.25) is 5.02 Å². The Morgan fingerprint density at radius 3 is 2.57 bits per heavy atom. The number of piperazine rings is 1. The number of nitrogens with zero attached hydrogens (tertiary/aromatic N) is 6. The lowest BCUT2D eigenvalue weighted by atomic mass is 10.0. The minimum Gasteiger partial charge on any atom is -0.349 e. The van der Waals surface area contributed by atoms with Gasteiger partial charge in [-0.2, -0.15) is 4.98 Å². The molecule has 1 saturated carbocycles. The van der Waals surface area contributed by atoms with Crippen molar-refractivity contribution in [1.29, 1.82) is 0 Å². The molecule has 1 aliphatic carbocycles. The number of carbonyl (C=O) groups excluding carboxylic acids is 1. The summed E-state index contributed by atoms with van der Waals surface area (Å²) in [6.45, 7) is 14.8. The second-order valence-corrected chi connectivity index (χ2v) is 11.0. The van der Waals surface area contributed by atoms with Crippen LogP contribution in [-0.2, 0) is 4.79 Å². The minimum atomic E-state index is -0.401. The van der Waals surface area contributed by atoms with Crippen molar-refractivity contribution in [2.24, 2.45) is 0 Å². The summed E-state index contributed by atoms with van der Waals surface area (Å²) < 4.78 is 1.62. The summed E-state index contributed by atoms with van der Waals surface area (Å²) in [6.07, 6.45) is 5.20. The lowest BCUT2D eigenvalue weighted by Gasteiger charge is -2.44. The Kier molecular flexibility index (Phi) is 6.56. The van der Waals surface area contributed by atoms with Gasteiger partial charge in [0.1, 0.15) is 5.82 Å². The standard InChI is InChI=1S/C28H33ClN6O2/c1-7-22(36)33-13-18(6)34(14-17(33)5)26-20-12-21(29)24(19-8-9-19)31-27(20)35(28(37)32-26)25-16(4)10-11-30-23(25)15(2)3/h7,10-12,15,17-19H,1,8-9,13-14H2,2-6H3/t17-,18+/m1/s1. The molecule has 0 aromatic carbocycles. The second kappa shape index (κ2) is 9.56. The maximum Gasteiger partial charge on any atom is 0.355 e. The van der Waals surface area contributed by atoms with Gasteiger partial charge in [-0.05, 0) is 63.3 Å². The van der Waals surface area contributed by atoms with Crippen molar-refractivity contribution < 1.29 is 4.79 Å². The van der Waals surface area contributed by atoms with E-state index in [0.717, 1.165) is 40.9 Å². The molecule has 1 saturated heterocycles. The van der Waals surface area contributed by atoms with Crippen LogP contribution < -0.4 is 10.6 Å². The molecule has 37 heavy (non-hydrogen) atoms. The van der Waals surface area contributed by atoms with Crippen molar-refractivity contribution in [3.8, 4) is 5.69 Å². The van der Waals surface area contributed by atoms with E-state index in [1.165, 1.54) is 6.08 Å². The average molecular weight is 521 g/mol. The molecule has 1 amide bonds. The lowest BCUT2D eigenvalue weighted by Crippen LogP contribution is -2.58. The van der Waals surface area contributed by atoms with Gasteiger partial charge in [0.05, 0.1) is 27.5 Å². The molecular formula is C28H33ClN6O2. The lowest BCUT2D eigenvalue weighted by molar-refractivity contribution is -0.128. The van der Waals surface area contributed by atoms with Crippen LogP contribution in [0.15, 0.2) is 35.8 Å². The van der Waals surface area contributed by atoms with Crippen molar-refractivity contribution in [1.82, 2.24) is 24.4 Å². The summed E-state index contributed by atoms with van der Waals surface area (Å²) in [5, 5.41) is 1.31. The smallest absolute Gasteiger partial charge is 0.349 e. The van der Waals surface area contributed by atoms with Crippen molar-refractivity contribution in [2.75, 3.05) is 18.0 Å². The average Bonchev–Trinajstić information content (AvgIpc) is 3.70. The minimum absolute atomic E-state index is 0.0701. The Hall–Kier alpha value is -3.26. The van der Waals surface area contributed by atoms with E-state index >= 15 is 0 Å². The highest BCUT2D eigenvalue weighted by atomic mass is 35.5. The fraction of sp³-hybridized carbons (Fsp3) is 0.464. The SMILES string of the molecule is C=CC(=O)N1C[C@H](C)N(c2nc(=O)n(-c3c(C)ccnc3C(C)C)c3nc(C4CC4)c(Cl)cc23)C[C@H]1C. The normalized spacial score (nSPS) is 20.1. The van der Waals surface area contributed by atoms with Gasteiger partial charge in [-0.3, -0.25) is 9.78 Å². The predicted molar refractivity (Wildman–Crippen MR) is 147 cm³/mol. The number of pyridine rings is 2. The number of carbonyl (C=O) groups is 1. The first-order chi connectivity index (χ1) is 17.6. The quantitative estimate of drug-likeness (QED) is 0.451. The maximum absolute atomic E-state index is 13.9. The number of aryl methyl sites for hydroxylation is 1. The number of amides is 1. The fourth-order valence-electron chi connectivity index (χ4n) is 5.31. The number of halogens is 1. The predicted octanol–water partition coefficient (Wildman–Crippen LogP) is 4.75. The van der Waals surface area contributed by atoms with Gasteiger partial charge in [-0.1, -0.05) is 32.0 Å². The van der Waals surface area contributed by atoms with Gasteiger partial charge in [0.2, 0.25) is 5.91 Å². The van der Waals surface area contributed by atoms with Gasteiger partial charge in [-0.25, -0.2) is 14.3 Å². The van der Waals surface area contributed by atoms with Crippen LogP contribution >= 0.6 is 11.6 Å². The third-order valence-corrected chi connectivity index (χ3v) is 7.74. The van der Waals surface area contributed by atoms with Gasteiger partial charge in [0.15, 0.2) is 5.65 Å². The van der Waals surface area contributed by atoms with Gasteiger partial charge < -0.3 is 9.80 Å². The fourth-order valence-corrected chi connectivity index (χ4v) is 5.62. The molecule has 0 bridgehead atoms. The van der Waals surface area contributed by atoms with Crippen molar-refractivity contribution in [2.45, 2.75) is 71.4 Å². The molecule has 0 radical (unpaired) electrons. The number of fused-ring (bicyclic) bond motifs is 1. The van der Waals surface area contributed by atoms with Crippen molar-refractivity contribution >= 4 is 34.4 Å².